The van der Waals surface area contributed by atoms with Crippen molar-refractivity contribution in [2.24, 2.45) is 5.92 Å². The van der Waals surface area contributed by atoms with Gasteiger partial charge in [0.05, 0.1) is 25.2 Å². The van der Waals surface area contributed by atoms with E-state index in [2.05, 4.69) is 14.7 Å². The minimum atomic E-state index is -0.424. The third kappa shape index (κ3) is 4.74. The third-order valence-corrected chi connectivity index (χ3v) is 4.73. The van der Waals surface area contributed by atoms with E-state index in [4.69, 9.17) is 15.2 Å². The summed E-state index contributed by atoms with van der Waals surface area (Å²) in [6.45, 7) is 3.47. The molecule has 1 aromatic carbocycles. The number of benzene rings is 1. The van der Waals surface area contributed by atoms with Crippen LogP contribution in [0.4, 0.5) is 11.5 Å². The van der Waals surface area contributed by atoms with Crippen LogP contribution >= 0.6 is 0 Å². The van der Waals surface area contributed by atoms with Crippen molar-refractivity contribution in [3.63, 3.8) is 0 Å². The van der Waals surface area contributed by atoms with Crippen molar-refractivity contribution < 1.29 is 23.8 Å². The molecule has 9 nitrogen and oxygen atoms in total. The van der Waals surface area contributed by atoms with Crippen LogP contribution in [0.3, 0.4) is 0 Å². The third-order valence-electron chi connectivity index (χ3n) is 4.73. The number of aromatic nitrogens is 2. The molecule has 0 amide bonds. The van der Waals surface area contributed by atoms with Crippen LogP contribution in [0, 0.1) is 5.92 Å². The number of hydrogen-bond donors (Lipinski definition) is 1. The monoisotopic (exact) mass is 400 g/mol. The fraction of sp³-hybridized carbons (Fsp3) is 0.400. The molecular formula is C20H24N4O5. The maximum Gasteiger partial charge on any atom is 0.337 e. The normalized spacial score (nSPS) is 14.3. The number of ether oxygens (including phenoxy) is 3. The summed E-state index contributed by atoms with van der Waals surface area (Å²) < 4.78 is 15.6. The summed E-state index contributed by atoms with van der Waals surface area (Å²) >= 11 is 0. The van der Waals surface area contributed by atoms with Gasteiger partial charge in [0.2, 0.25) is 5.88 Å². The molecule has 0 radical (unpaired) electrons. The van der Waals surface area contributed by atoms with Crippen LogP contribution in [0.15, 0.2) is 30.6 Å². The highest BCUT2D eigenvalue weighted by molar-refractivity contribution is 5.89. The number of rotatable bonds is 6. The molecule has 0 unspecified atom stereocenters. The van der Waals surface area contributed by atoms with Gasteiger partial charge in [-0.1, -0.05) is 0 Å². The molecule has 154 valence electrons. The molecule has 0 saturated carbocycles. The second kappa shape index (κ2) is 9.22. The molecule has 1 aromatic heterocycles. The molecule has 1 aliphatic rings. The molecule has 1 saturated heterocycles. The Morgan fingerprint density at radius 3 is 2.48 bits per heavy atom. The maximum atomic E-state index is 11.9. The topological polar surface area (TPSA) is 117 Å². The first-order valence-electron chi connectivity index (χ1n) is 9.41. The zero-order valence-corrected chi connectivity index (χ0v) is 16.5. The minimum absolute atomic E-state index is 0.0988. The summed E-state index contributed by atoms with van der Waals surface area (Å²) in [5.74, 6) is 0.610. The van der Waals surface area contributed by atoms with Gasteiger partial charge in [-0.3, -0.25) is 4.79 Å². The number of carbonyl (C=O) groups is 2. The minimum Gasteiger partial charge on any atom is -0.466 e. The highest BCUT2D eigenvalue weighted by atomic mass is 16.5. The first-order valence-corrected chi connectivity index (χ1v) is 9.41. The molecule has 2 aromatic rings. The summed E-state index contributed by atoms with van der Waals surface area (Å²) in [4.78, 5) is 33.9. The lowest BCUT2D eigenvalue weighted by molar-refractivity contribution is -0.148. The van der Waals surface area contributed by atoms with Gasteiger partial charge in [0.1, 0.15) is 17.8 Å². The van der Waals surface area contributed by atoms with Crippen molar-refractivity contribution in [1.29, 1.82) is 0 Å². The van der Waals surface area contributed by atoms with Gasteiger partial charge in [-0.05, 0) is 44.0 Å². The number of esters is 2. The summed E-state index contributed by atoms with van der Waals surface area (Å²) in [6.07, 6.45) is 2.74. The smallest absolute Gasteiger partial charge is 0.337 e. The van der Waals surface area contributed by atoms with Crippen molar-refractivity contribution in [2.75, 3.05) is 37.4 Å². The largest absolute Gasteiger partial charge is 0.466 e. The molecule has 29 heavy (non-hydrogen) atoms. The van der Waals surface area contributed by atoms with Gasteiger partial charge in [0, 0.05) is 13.1 Å². The van der Waals surface area contributed by atoms with Crippen LogP contribution in [0.25, 0.3) is 0 Å². The van der Waals surface area contributed by atoms with E-state index in [1.165, 1.54) is 13.4 Å². The number of hydrogen-bond acceptors (Lipinski definition) is 9. The highest BCUT2D eigenvalue weighted by Gasteiger charge is 2.28. The van der Waals surface area contributed by atoms with Gasteiger partial charge in [-0.2, -0.15) is 4.98 Å². The molecule has 2 heterocycles. The molecule has 0 atom stereocenters. The Labute approximate surface area is 168 Å². The average molecular weight is 400 g/mol. The van der Waals surface area contributed by atoms with Gasteiger partial charge in [-0.25, -0.2) is 9.78 Å². The van der Waals surface area contributed by atoms with Gasteiger partial charge < -0.3 is 24.8 Å². The van der Waals surface area contributed by atoms with E-state index in [0.29, 0.717) is 55.4 Å². The Balaban J connectivity index is 1.69. The Morgan fingerprint density at radius 1 is 1.17 bits per heavy atom. The Morgan fingerprint density at radius 2 is 1.86 bits per heavy atom. The predicted octanol–water partition coefficient (Wildman–Crippen LogP) is 2.42. The standard InChI is InChI=1S/C20H24N4O5/c1-3-28-20(26)14-8-10-24(11-9-14)17-16(21)18(23-12-22-17)29-15-6-4-13(5-7-15)19(25)27-2/h4-7,12,14H,3,8-11,21H2,1-2H3. The lowest BCUT2D eigenvalue weighted by Crippen LogP contribution is -2.37. The molecule has 2 N–H and O–H groups in total. The Bertz CT molecular complexity index is 864. The van der Waals surface area contributed by atoms with Gasteiger partial charge in [0.25, 0.3) is 0 Å². The van der Waals surface area contributed by atoms with E-state index in [1.807, 2.05) is 4.90 Å². The van der Waals surface area contributed by atoms with Crippen LogP contribution in [0.1, 0.15) is 30.1 Å². The first kappa shape index (κ1) is 20.4. The van der Waals surface area contributed by atoms with Crippen molar-refractivity contribution in [3.8, 4) is 11.6 Å². The predicted molar refractivity (Wildman–Crippen MR) is 106 cm³/mol. The molecule has 3 rings (SSSR count). The maximum absolute atomic E-state index is 11.9. The lowest BCUT2D eigenvalue weighted by atomic mass is 9.97. The molecule has 0 bridgehead atoms. The number of nitrogens with zero attached hydrogens (tertiary/aromatic N) is 3. The van der Waals surface area contributed by atoms with Crippen molar-refractivity contribution >= 4 is 23.4 Å². The van der Waals surface area contributed by atoms with E-state index in [1.54, 1.807) is 31.2 Å². The van der Waals surface area contributed by atoms with Crippen molar-refractivity contribution in [3.05, 3.63) is 36.2 Å². The number of nitrogens with two attached hydrogens (primary N) is 1. The van der Waals surface area contributed by atoms with Crippen LogP contribution < -0.4 is 15.4 Å². The molecule has 0 spiro atoms. The SMILES string of the molecule is CCOC(=O)C1CCN(c2ncnc(Oc3ccc(C(=O)OC)cc3)c2N)CC1. The van der Waals surface area contributed by atoms with E-state index in [-0.39, 0.29) is 17.8 Å². The van der Waals surface area contributed by atoms with Gasteiger partial charge in [-0.15, -0.1) is 0 Å². The van der Waals surface area contributed by atoms with E-state index in [0.717, 1.165) is 0 Å². The molecule has 1 aliphatic heterocycles. The number of nitrogen functional groups attached to an aromatic ring is 1. The van der Waals surface area contributed by atoms with E-state index < -0.39 is 5.97 Å². The molecule has 9 heteroatoms. The zero-order chi connectivity index (χ0) is 20.8. The van der Waals surface area contributed by atoms with E-state index in [9.17, 15) is 9.59 Å². The average Bonchev–Trinajstić information content (AvgIpc) is 2.75. The van der Waals surface area contributed by atoms with Crippen LogP contribution in [0.5, 0.6) is 11.6 Å². The summed E-state index contributed by atoms with van der Waals surface area (Å²) in [5, 5.41) is 0. The van der Waals surface area contributed by atoms with Gasteiger partial charge >= 0.3 is 11.9 Å². The van der Waals surface area contributed by atoms with Crippen molar-refractivity contribution in [1.82, 2.24) is 9.97 Å². The number of anilines is 2. The molecule has 1 fully saturated rings. The zero-order valence-electron chi connectivity index (χ0n) is 16.5. The summed E-state index contributed by atoms with van der Waals surface area (Å²) in [6, 6.07) is 6.47. The fourth-order valence-corrected chi connectivity index (χ4v) is 3.18. The summed E-state index contributed by atoms with van der Waals surface area (Å²) in [7, 11) is 1.32. The molecule has 0 aliphatic carbocycles. The van der Waals surface area contributed by atoms with Crippen LogP contribution in [-0.2, 0) is 14.3 Å². The number of piperidine rings is 1. The first-order chi connectivity index (χ1) is 14.0. The van der Waals surface area contributed by atoms with Crippen molar-refractivity contribution in [2.45, 2.75) is 19.8 Å². The van der Waals surface area contributed by atoms with Gasteiger partial charge in [0.15, 0.2) is 5.82 Å². The summed E-state index contributed by atoms with van der Waals surface area (Å²) in [5.41, 5.74) is 6.98. The van der Waals surface area contributed by atoms with Crippen LogP contribution in [0.2, 0.25) is 0 Å². The fourth-order valence-electron chi connectivity index (χ4n) is 3.18. The Hall–Kier alpha value is -3.36. The number of methoxy groups -OCH3 is 1. The second-order valence-electron chi connectivity index (χ2n) is 6.55. The quantitative estimate of drug-likeness (QED) is 0.729. The Kier molecular flexibility index (Phi) is 6.48. The van der Waals surface area contributed by atoms with E-state index >= 15 is 0 Å². The number of carbonyl (C=O) groups excluding carboxylic acids is 2. The second-order valence-corrected chi connectivity index (χ2v) is 6.55. The highest BCUT2D eigenvalue weighted by Crippen LogP contribution is 2.33. The lowest BCUT2D eigenvalue weighted by Gasteiger charge is -2.32. The van der Waals surface area contributed by atoms with Crippen LogP contribution in [-0.4, -0.2) is 48.7 Å². The molecular weight excluding hydrogens is 376 g/mol.